The van der Waals surface area contributed by atoms with Gasteiger partial charge in [-0.25, -0.2) is 0 Å². The van der Waals surface area contributed by atoms with Crippen molar-refractivity contribution in [2.75, 3.05) is 0 Å². The van der Waals surface area contributed by atoms with Gasteiger partial charge in [-0.15, -0.1) is 0 Å². The average molecular weight is 457 g/mol. The second-order valence-corrected chi connectivity index (χ2v) is 14.0. The van der Waals surface area contributed by atoms with Gasteiger partial charge in [0.05, 0.1) is 0 Å². The molecular formula is C31H52O2. The van der Waals surface area contributed by atoms with E-state index in [1.165, 1.54) is 57.8 Å². The summed E-state index contributed by atoms with van der Waals surface area (Å²) >= 11 is 0. The van der Waals surface area contributed by atoms with Gasteiger partial charge in [0.1, 0.15) is 6.10 Å². The molecule has 33 heavy (non-hydrogen) atoms. The van der Waals surface area contributed by atoms with E-state index in [0.717, 1.165) is 41.9 Å². The summed E-state index contributed by atoms with van der Waals surface area (Å²) in [7, 11) is 0. The van der Waals surface area contributed by atoms with Crippen molar-refractivity contribution in [3.63, 3.8) is 0 Å². The molecule has 3 fully saturated rings. The third kappa shape index (κ3) is 4.24. The van der Waals surface area contributed by atoms with Crippen molar-refractivity contribution in [2.45, 2.75) is 126 Å². The Kier molecular flexibility index (Phi) is 6.91. The summed E-state index contributed by atoms with van der Waals surface area (Å²) < 4.78 is 5.83. The second-order valence-electron chi connectivity index (χ2n) is 14.0. The Morgan fingerprint density at radius 3 is 2.39 bits per heavy atom. The summed E-state index contributed by atoms with van der Waals surface area (Å²) in [5, 5.41) is 0. The minimum atomic E-state index is -0.126. The molecule has 0 amide bonds. The van der Waals surface area contributed by atoms with E-state index in [9.17, 15) is 4.79 Å². The number of carbonyl (C=O) groups is 1. The third-order valence-electron chi connectivity index (χ3n) is 11.4. The molecule has 0 saturated heterocycles. The summed E-state index contributed by atoms with van der Waals surface area (Å²) in [6.07, 6.45) is 16.1. The molecular weight excluding hydrogens is 404 g/mol. The Hall–Kier alpha value is -0.790. The molecule has 8 atom stereocenters. The molecule has 2 nitrogen and oxygen atoms in total. The fraction of sp³-hybridized carbons (Fsp3) is 0.903. The van der Waals surface area contributed by atoms with Crippen LogP contribution in [0.25, 0.3) is 0 Å². The van der Waals surface area contributed by atoms with Crippen LogP contribution in [0.2, 0.25) is 0 Å². The zero-order valence-electron chi connectivity index (χ0n) is 23.0. The summed E-state index contributed by atoms with van der Waals surface area (Å²) in [6.45, 7) is 18.8. The van der Waals surface area contributed by atoms with Gasteiger partial charge in [-0.05, 0) is 91.3 Å². The lowest BCUT2D eigenvalue weighted by Crippen LogP contribution is -2.55. The van der Waals surface area contributed by atoms with Crippen molar-refractivity contribution in [2.24, 2.45) is 51.8 Å². The van der Waals surface area contributed by atoms with Crippen LogP contribution in [0.5, 0.6) is 0 Å². The molecule has 0 heterocycles. The molecule has 188 valence electrons. The Morgan fingerprint density at radius 1 is 1.00 bits per heavy atom. The smallest absolute Gasteiger partial charge is 0.302 e. The molecule has 4 aliphatic carbocycles. The number of carbonyl (C=O) groups excluding carboxylic acids is 1. The normalized spacial score (nSPS) is 42.7. The standard InChI is InChI=1S/C31H52O2/c1-20(2)10-9-11-21(3)24-13-14-25-23-12-15-27-29(5,6)28(33-22(4)32)17-19-31(27,8)26(23)16-18-30(24,25)7/h15,20-21,23-26,28H,9-14,16-19H2,1-8H3/t21-,23-,24+,25-,26-,28-,30+,31+/m0/s1. The van der Waals surface area contributed by atoms with Crippen molar-refractivity contribution in [1.29, 1.82) is 0 Å². The first-order chi connectivity index (χ1) is 15.4. The molecule has 0 aromatic heterocycles. The quantitative estimate of drug-likeness (QED) is 0.295. The molecule has 0 unspecified atom stereocenters. The number of esters is 1. The zero-order valence-corrected chi connectivity index (χ0v) is 23.0. The van der Waals surface area contributed by atoms with Gasteiger partial charge >= 0.3 is 5.97 Å². The van der Waals surface area contributed by atoms with Crippen molar-refractivity contribution in [3.8, 4) is 0 Å². The number of fused-ring (bicyclic) bond motifs is 5. The molecule has 0 aliphatic heterocycles. The van der Waals surface area contributed by atoms with E-state index in [1.54, 1.807) is 12.5 Å². The molecule has 0 aromatic carbocycles. The van der Waals surface area contributed by atoms with Crippen LogP contribution < -0.4 is 0 Å². The van der Waals surface area contributed by atoms with Gasteiger partial charge in [-0.3, -0.25) is 4.79 Å². The summed E-state index contributed by atoms with van der Waals surface area (Å²) in [4.78, 5) is 11.8. The fourth-order valence-electron chi connectivity index (χ4n) is 9.81. The molecule has 0 N–H and O–H groups in total. The van der Waals surface area contributed by atoms with Crippen LogP contribution in [0.15, 0.2) is 11.6 Å². The van der Waals surface area contributed by atoms with Gasteiger partial charge in [-0.1, -0.05) is 79.4 Å². The van der Waals surface area contributed by atoms with Gasteiger partial charge in [-0.2, -0.15) is 0 Å². The second kappa shape index (κ2) is 9.02. The predicted octanol–water partition coefficient (Wildman–Crippen LogP) is 8.60. The number of allylic oxidation sites excluding steroid dienone is 1. The SMILES string of the molecule is CC(=O)O[C@H]1CC[C@@]2(C)C(=CC[C@H]3[C@@H]4CC[C@H]([C@@H](C)CCCC(C)C)[C@@]4(C)CC[C@@H]32)C1(C)C. The van der Waals surface area contributed by atoms with Crippen LogP contribution >= 0.6 is 0 Å². The van der Waals surface area contributed by atoms with E-state index in [1.807, 2.05) is 0 Å². The number of hydrogen-bond acceptors (Lipinski definition) is 2. The fourth-order valence-corrected chi connectivity index (χ4v) is 9.81. The minimum absolute atomic E-state index is 0.0299. The van der Waals surface area contributed by atoms with E-state index in [2.05, 4.69) is 54.5 Å². The van der Waals surface area contributed by atoms with Crippen molar-refractivity contribution >= 4 is 5.97 Å². The highest BCUT2D eigenvalue weighted by Crippen LogP contribution is 2.69. The predicted molar refractivity (Wildman–Crippen MR) is 138 cm³/mol. The van der Waals surface area contributed by atoms with E-state index in [4.69, 9.17) is 4.74 Å². The zero-order chi connectivity index (χ0) is 24.2. The van der Waals surface area contributed by atoms with Gasteiger partial charge in [0, 0.05) is 12.3 Å². The molecule has 4 rings (SSSR count). The van der Waals surface area contributed by atoms with Crippen LogP contribution in [0.3, 0.4) is 0 Å². The van der Waals surface area contributed by atoms with E-state index < -0.39 is 0 Å². The maximum absolute atomic E-state index is 11.8. The maximum atomic E-state index is 11.8. The molecule has 0 aromatic rings. The lowest BCUT2D eigenvalue weighted by atomic mass is 9.44. The molecule has 4 aliphatic rings. The lowest BCUT2D eigenvalue weighted by molar-refractivity contribution is -0.157. The van der Waals surface area contributed by atoms with Gasteiger partial charge < -0.3 is 4.74 Å². The number of hydrogen-bond donors (Lipinski definition) is 0. The lowest BCUT2D eigenvalue weighted by Gasteiger charge is -2.61. The Balaban J connectivity index is 1.53. The third-order valence-corrected chi connectivity index (χ3v) is 11.4. The first-order valence-corrected chi connectivity index (χ1v) is 14.3. The van der Waals surface area contributed by atoms with Crippen LogP contribution in [0.4, 0.5) is 0 Å². The van der Waals surface area contributed by atoms with Crippen LogP contribution in [0.1, 0.15) is 120 Å². The number of ether oxygens (including phenoxy) is 1. The molecule has 0 radical (unpaired) electrons. The Bertz CT molecular complexity index is 763. The summed E-state index contributed by atoms with van der Waals surface area (Å²) in [6, 6.07) is 0. The number of rotatable bonds is 6. The van der Waals surface area contributed by atoms with Gasteiger partial charge in [0.15, 0.2) is 0 Å². The highest BCUT2D eigenvalue weighted by Gasteiger charge is 2.61. The summed E-state index contributed by atoms with van der Waals surface area (Å²) in [5.74, 6) is 5.07. The molecule has 0 bridgehead atoms. The van der Waals surface area contributed by atoms with E-state index in [-0.39, 0.29) is 22.9 Å². The van der Waals surface area contributed by atoms with E-state index >= 15 is 0 Å². The van der Waals surface area contributed by atoms with Gasteiger partial charge in [0.2, 0.25) is 0 Å². The first kappa shape index (κ1) is 25.3. The minimum Gasteiger partial charge on any atom is -0.462 e. The molecule has 3 saturated carbocycles. The highest BCUT2D eigenvalue weighted by molar-refractivity contribution is 5.66. The van der Waals surface area contributed by atoms with Crippen molar-refractivity contribution in [1.82, 2.24) is 0 Å². The van der Waals surface area contributed by atoms with Crippen LogP contribution in [-0.2, 0) is 9.53 Å². The molecule has 0 spiro atoms. The average Bonchev–Trinajstić information content (AvgIpc) is 3.07. The maximum Gasteiger partial charge on any atom is 0.302 e. The van der Waals surface area contributed by atoms with Crippen molar-refractivity contribution < 1.29 is 9.53 Å². The first-order valence-electron chi connectivity index (χ1n) is 14.3. The van der Waals surface area contributed by atoms with Crippen LogP contribution in [-0.4, -0.2) is 12.1 Å². The summed E-state index contributed by atoms with van der Waals surface area (Å²) in [5.41, 5.74) is 2.39. The largest absolute Gasteiger partial charge is 0.462 e. The van der Waals surface area contributed by atoms with Crippen molar-refractivity contribution in [3.05, 3.63) is 11.6 Å². The Morgan fingerprint density at radius 2 is 1.73 bits per heavy atom. The van der Waals surface area contributed by atoms with E-state index in [0.29, 0.717) is 5.41 Å². The Labute approximate surface area is 204 Å². The van der Waals surface area contributed by atoms with Crippen LogP contribution in [0, 0.1) is 51.8 Å². The molecule has 2 heteroatoms. The highest BCUT2D eigenvalue weighted by atomic mass is 16.5. The monoisotopic (exact) mass is 456 g/mol. The van der Waals surface area contributed by atoms with Gasteiger partial charge in [0.25, 0.3) is 0 Å². The topological polar surface area (TPSA) is 26.3 Å².